The van der Waals surface area contributed by atoms with Crippen molar-refractivity contribution in [3.63, 3.8) is 0 Å². The van der Waals surface area contributed by atoms with Crippen molar-refractivity contribution >= 4 is 11.7 Å². The maximum Gasteiger partial charge on any atom is 0.153 e. The van der Waals surface area contributed by atoms with Crippen molar-refractivity contribution in [2.75, 3.05) is 25.5 Å². The first kappa shape index (κ1) is 22.7. The molecule has 6 nitrogen and oxygen atoms in total. The van der Waals surface area contributed by atoms with E-state index in [1.165, 1.54) is 18.5 Å². The van der Waals surface area contributed by atoms with E-state index >= 15 is 0 Å². The Morgan fingerprint density at radius 2 is 2.22 bits per heavy atom. The number of amidine groups is 1. The molecule has 27 heavy (non-hydrogen) atoms. The van der Waals surface area contributed by atoms with E-state index in [2.05, 4.69) is 59.7 Å². The van der Waals surface area contributed by atoms with E-state index < -0.39 is 0 Å². The number of aromatic amines is 1. The van der Waals surface area contributed by atoms with Crippen LogP contribution in [0.15, 0.2) is 48.3 Å². The van der Waals surface area contributed by atoms with Gasteiger partial charge in [0.05, 0.1) is 0 Å². The predicted octanol–water partition coefficient (Wildman–Crippen LogP) is 4.40. The summed E-state index contributed by atoms with van der Waals surface area (Å²) in [5.74, 6) is 3.23. The molecule has 1 aliphatic carbocycles. The van der Waals surface area contributed by atoms with Crippen LogP contribution in [0.25, 0.3) is 0 Å². The molecule has 0 unspecified atom stereocenters. The van der Waals surface area contributed by atoms with Crippen molar-refractivity contribution in [1.82, 2.24) is 15.1 Å². The van der Waals surface area contributed by atoms with Gasteiger partial charge in [-0.3, -0.25) is 5.10 Å². The number of hydrogen-bond acceptors (Lipinski definition) is 4. The van der Waals surface area contributed by atoms with Crippen molar-refractivity contribution in [1.29, 1.82) is 0 Å². The highest BCUT2D eigenvalue weighted by Crippen LogP contribution is 2.39. The van der Waals surface area contributed by atoms with Gasteiger partial charge in [0.25, 0.3) is 0 Å². The minimum atomic E-state index is 0.660. The molecule has 0 bridgehead atoms. The monoisotopic (exact) mass is 372 g/mol. The van der Waals surface area contributed by atoms with Crippen LogP contribution in [0.2, 0.25) is 0 Å². The second-order valence-electron chi connectivity index (χ2n) is 6.52. The van der Waals surface area contributed by atoms with Gasteiger partial charge in [-0.05, 0) is 51.3 Å². The quantitative estimate of drug-likeness (QED) is 0.323. The summed E-state index contributed by atoms with van der Waals surface area (Å²) in [7, 11) is 2.06. The molecule has 0 amide bonds. The zero-order valence-electron chi connectivity index (χ0n) is 17.2. The molecular weight excluding hydrogens is 336 g/mol. The summed E-state index contributed by atoms with van der Waals surface area (Å²) in [5.41, 5.74) is 6.85. The molecule has 1 aromatic rings. The zero-order valence-corrected chi connectivity index (χ0v) is 17.2. The molecule has 6 heteroatoms. The molecule has 1 saturated carbocycles. The summed E-state index contributed by atoms with van der Waals surface area (Å²) < 4.78 is 0. The number of hydrogen-bond donors (Lipinski definition) is 3. The van der Waals surface area contributed by atoms with Crippen LogP contribution in [-0.4, -0.2) is 41.1 Å². The molecule has 1 aromatic heterocycles. The van der Waals surface area contributed by atoms with Gasteiger partial charge in [0.1, 0.15) is 11.7 Å². The van der Waals surface area contributed by atoms with Crippen molar-refractivity contribution in [3.05, 3.63) is 49.0 Å². The standard InChI is InChI=1S/C19H32N6.C2H4/c1-4-6-9-19(25(3)13-7-12-20)22-17(8-5-2)21-18-14-16(23-24-18)15-10-11-15;1-2/h5,8-9,14-15H,4,6-7,10-13,20H2,1-3H3,(H2,21,22,23,24);1-2H2/b8-5-,19-9-;. The molecule has 0 aliphatic heterocycles. The van der Waals surface area contributed by atoms with Gasteiger partial charge in [-0.1, -0.05) is 19.4 Å². The Labute approximate surface area is 164 Å². The van der Waals surface area contributed by atoms with Gasteiger partial charge in [0, 0.05) is 31.3 Å². The first-order valence-electron chi connectivity index (χ1n) is 9.83. The molecule has 2 rings (SSSR count). The highest BCUT2D eigenvalue weighted by atomic mass is 15.2. The zero-order chi connectivity index (χ0) is 20.1. The molecule has 0 aromatic carbocycles. The number of nitrogens with zero attached hydrogens (tertiary/aromatic N) is 3. The fraction of sp³-hybridized carbons (Fsp3) is 0.524. The number of allylic oxidation sites excluding steroid dienone is 2. The van der Waals surface area contributed by atoms with E-state index in [-0.39, 0.29) is 0 Å². The van der Waals surface area contributed by atoms with E-state index in [0.717, 1.165) is 43.3 Å². The minimum absolute atomic E-state index is 0.660. The fourth-order valence-corrected chi connectivity index (χ4v) is 2.53. The number of nitrogens with two attached hydrogens (primary N) is 1. The smallest absolute Gasteiger partial charge is 0.153 e. The molecule has 0 atom stereocenters. The molecular formula is C21H36N6. The Bertz CT molecular complexity index is 624. The summed E-state index contributed by atoms with van der Waals surface area (Å²) in [4.78, 5) is 6.99. The summed E-state index contributed by atoms with van der Waals surface area (Å²) >= 11 is 0. The van der Waals surface area contributed by atoms with Gasteiger partial charge in [-0.2, -0.15) is 5.10 Å². The Balaban J connectivity index is 0.00000176. The topological polar surface area (TPSA) is 82.3 Å². The number of unbranched alkanes of at least 4 members (excludes halogenated alkanes) is 1. The third-order valence-corrected chi connectivity index (χ3v) is 4.13. The number of aromatic nitrogens is 2. The molecule has 1 aliphatic rings. The van der Waals surface area contributed by atoms with Crippen molar-refractivity contribution in [2.24, 2.45) is 10.7 Å². The second-order valence-corrected chi connectivity index (χ2v) is 6.52. The number of aliphatic imine (C=N–C) groups is 1. The third-order valence-electron chi connectivity index (χ3n) is 4.13. The van der Waals surface area contributed by atoms with Crippen LogP contribution < -0.4 is 11.1 Å². The number of rotatable bonds is 10. The number of anilines is 1. The van der Waals surface area contributed by atoms with Gasteiger partial charge >= 0.3 is 0 Å². The lowest BCUT2D eigenvalue weighted by molar-refractivity contribution is 0.405. The summed E-state index contributed by atoms with van der Waals surface area (Å²) in [6, 6.07) is 2.09. The predicted molar refractivity (Wildman–Crippen MR) is 117 cm³/mol. The summed E-state index contributed by atoms with van der Waals surface area (Å²) in [6.07, 6.45) is 11.7. The van der Waals surface area contributed by atoms with E-state index in [0.29, 0.717) is 12.5 Å². The Kier molecular flexibility index (Phi) is 10.9. The van der Waals surface area contributed by atoms with E-state index in [1.807, 2.05) is 19.1 Å². The first-order chi connectivity index (χ1) is 13.2. The van der Waals surface area contributed by atoms with E-state index in [9.17, 15) is 0 Å². The Morgan fingerprint density at radius 3 is 2.81 bits per heavy atom. The fourth-order valence-electron chi connectivity index (χ4n) is 2.53. The maximum absolute atomic E-state index is 5.64. The average Bonchev–Trinajstić information content (AvgIpc) is 3.44. The lowest BCUT2D eigenvalue weighted by Crippen LogP contribution is -2.22. The molecule has 4 N–H and O–H groups in total. The van der Waals surface area contributed by atoms with Crippen LogP contribution in [0.5, 0.6) is 0 Å². The summed E-state index contributed by atoms with van der Waals surface area (Å²) in [5, 5.41) is 10.8. The minimum Gasteiger partial charge on any atom is -0.360 e. The first-order valence-corrected chi connectivity index (χ1v) is 9.83. The van der Waals surface area contributed by atoms with Crippen LogP contribution in [0, 0.1) is 0 Å². The highest BCUT2D eigenvalue weighted by Gasteiger charge is 2.25. The Morgan fingerprint density at radius 1 is 1.48 bits per heavy atom. The van der Waals surface area contributed by atoms with Crippen molar-refractivity contribution in [2.45, 2.75) is 51.9 Å². The lowest BCUT2D eigenvalue weighted by atomic mass is 10.3. The SMILES string of the molecule is C=C.C\C=C/C(=N\C(=C\CCC)N(C)CCCN)Nc1cc(C2CC2)[nH]n1. The largest absolute Gasteiger partial charge is 0.360 e. The number of nitrogens with one attached hydrogen (secondary N) is 2. The molecule has 0 saturated heterocycles. The highest BCUT2D eigenvalue weighted by molar-refractivity contribution is 6.03. The van der Waals surface area contributed by atoms with Gasteiger partial charge in [0.2, 0.25) is 0 Å². The van der Waals surface area contributed by atoms with Crippen LogP contribution in [0.4, 0.5) is 5.82 Å². The van der Waals surface area contributed by atoms with Crippen molar-refractivity contribution in [3.8, 4) is 0 Å². The van der Waals surface area contributed by atoms with E-state index in [1.54, 1.807) is 0 Å². The maximum atomic E-state index is 5.64. The van der Waals surface area contributed by atoms with Gasteiger partial charge in [-0.25, -0.2) is 4.99 Å². The normalized spacial score (nSPS) is 14.8. The molecule has 0 radical (unpaired) electrons. The van der Waals surface area contributed by atoms with Crippen LogP contribution in [-0.2, 0) is 0 Å². The van der Waals surface area contributed by atoms with Crippen LogP contribution >= 0.6 is 0 Å². The third kappa shape index (κ3) is 8.26. The average molecular weight is 373 g/mol. The lowest BCUT2D eigenvalue weighted by Gasteiger charge is -2.20. The Hall–Kier alpha value is -2.34. The van der Waals surface area contributed by atoms with Gasteiger partial charge < -0.3 is 16.0 Å². The number of H-pyrrole nitrogens is 1. The van der Waals surface area contributed by atoms with Gasteiger partial charge in [0.15, 0.2) is 5.82 Å². The summed E-state index contributed by atoms with van der Waals surface area (Å²) in [6.45, 7) is 11.7. The van der Waals surface area contributed by atoms with Crippen LogP contribution in [0.3, 0.4) is 0 Å². The molecule has 0 spiro atoms. The molecule has 1 fully saturated rings. The molecule has 1 heterocycles. The van der Waals surface area contributed by atoms with Crippen LogP contribution in [0.1, 0.15) is 57.6 Å². The second kappa shape index (κ2) is 12.9. The van der Waals surface area contributed by atoms with Gasteiger partial charge in [-0.15, -0.1) is 13.2 Å². The van der Waals surface area contributed by atoms with Crippen molar-refractivity contribution < 1.29 is 0 Å². The van der Waals surface area contributed by atoms with E-state index in [4.69, 9.17) is 10.7 Å². The molecule has 150 valence electrons.